The Morgan fingerprint density at radius 1 is 1.00 bits per heavy atom. The van der Waals surface area contributed by atoms with Crippen LogP contribution in [0.4, 0.5) is 36.4 Å². The molecule has 1 N–H and O–H groups in total. The summed E-state index contributed by atoms with van der Waals surface area (Å²) in [5, 5.41) is 2.42. The van der Waals surface area contributed by atoms with Crippen molar-refractivity contribution in [3.63, 3.8) is 0 Å². The van der Waals surface area contributed by atoms with Crippen LogP contribution in [0.3, 0.4) is 0 Å². The molecule has 2 unspecified atom stereocenters. The minimum atomic E-state index is -5.95. The van der Waals surface area contributed by atoms with E-state index in [9.17, 15) is 49.3 Å². The number of hydrogen-bond acceptors (Lipinski definition) is 4. The second-order valence-corrected chi connectivity index (χ2v) is 12.2. The Morgan fingerprint density at radius 3 is 2.05 bits per heavy atom. The summed E-state index contributed by atoms with van der Waals surface area (Å²) in [7, 11) is -1.70. The zero-order valence-corrected chi connectivity index (χ0v) is 23.5. The number of rotatable bonds is 6. The molecule has 7 nitrogen and oxygen atoms in total. The van der Waals surface area contributed by atoms with E-state index in [2.05, 4.69) is 5.32 Å². The maximum atomic E-state index is 14.2. The molecule has 2 aromatic carbocycles. The Balaban J connectivity index is 1.63. The lowest BCUT2D eigenvalue weighted by molar-refractivity contribution is -0.304. The Labute approximate surface area is 238 Å². The van der Waals surface area contributed by atoms with Crippen LogP contribution in [0.1, 0.15) is 43.0 Å². The molecule has 0 aliphatic carbocycles. The van der Waals surface area contributed by atoms with Crippen molar-refractivity contribution < 1.29 is 49.3 Å². The molecule has 2 atom stereocenters. The second-order valence-electron chi connectivity index (χ2n) is 10.7. The third-order valence-corrected chi connectivity index (χ3v) is 8.52. The van der Waals surface area contributed by atoms with Crippen molar-refractivity contribution in [3.05, 3.63) is 59.2 Å². The highest BCUT2D eigenvalue weighted by molar-refractivity contribution is 7.84. The fourth-order valence-electron chi connectivity index (χ4n) is 5.31. The number of benzene rings is 2. The van der Waals surface area contributed by atoms with Crippen LogP contribution < -0.4 is 5.32 Å². The van der Waals surface area contributed by atoms with Crippen LogP contribution in [0.5, 0.6) is 0 Å². The SMILES string of the molecule is CC(=O)N1Cc2cc([SH+](C)=O)ccc2C1C(=O)Nc1ccc(C(CC(=O)N2CC(C)(F)C2)(C(F)(F)F)C(F)(F)F)cc1. The van der Waals surface area contributed by atoms with E-state index in [0.29, 0.717) is 33.1 Å². The number of fused-ring (bicyclic) bond motifs is 1. The molecule has 0 saturated carbocycles. The van der Waals surface area contributed by atoms with Gasteiger partial charge < -0.3 is 15.1 Å². The average molecular weight is 623 g/mol. The van der Waals surface area contributed by atoms with Crippen molar-refractivity contribution >= 4 is 34.2 Å². The predicted molar refractivity (Wildman–Crippen MR) is 139 cm³/mol. The number of hydrogen-bond donors (Lipinski definition) is 1. The second kappa shape index (κ2) is 10.7. The van der Waals surface area contributed by atoms with Gasteiger partial charge in [0.25, 0.3) is 5.91 Å². The summed E-state index contributed by atoms with van der Waals surface area (Å²) in [6, 6.07) is 6.26. The highest BCUT2D eigenvalue weighted by atomic mass is 32.2. The Hall–Kier alpha value is -3.49. The number of halogens is 7. The quantitative estimate of drug-likeness (QED) is 0.287. The number of carbonyl (C=O) groups excluding carboxylic acids is 3. The van der Waals surface area contributed by atoms with Crippen LogP contribution >= 0.6 is 0 Å². The van der Waals surface area contributed by atoms with Gasteiger partial charge in [-0.05, 0) is 47.9 Å². The fraction of sp³-hybridized carbons (Fsp3) is 0.444. The third kappa shape index (κ3) is 5.62. The monoisotopic (exact) mass is 622 g/mol. The van der Waals surface area contributed by atoms with Crippen LogP contribution in [0, 0.1) is 0 Å². The lowest BCUT2D eigenvalue weighted by Gasteiger charge is -2.45. The van der Waals surface area contributed by atoms with Gasteiger partial charge in [0.1, 0.15) is 28.8 Å². The van der Waals surface area contributed by atoms with Crippen molar-refractivity contribution in [3.8, 4) is 0 Å². The molecule has 228 valence electrons. The number of thiol groups is 1. The first-order chi connectivity index (χ1) is 19.3. The molecular weight excluding hydrogens is 595 g/mol. The van der Waals surface area contributed by atoms with E-state index in [1.54, 1.807) is 18.2 Å². The molecule has 3 amide bonds. The number of likely N-dealkylation sites (tertiary alicyclic amines) is 1. The summed E-state index contributed by atoms with van der Waals surface area (Å²) < 4.78 is 111. The normalized spacial score (nSPS) is 19.1. The number of alkyl halides is 7. The Morgan fingerprint density at radius 2 is 1.57 bits per heavy atom. The molecule has 2 aromatic rings. The lowest BCUT2D eigenvalue weighted by Crippen LogP contribution is -2.62. The molecule has 0 bridgehead atoms. The van der Waals surface area contributed by atoms with E-state index in [1.807, 2.05) is 0 Å². The van der Waals surface area contributed by atoms with Gasteiger partial charge >= 0.3 is 12.4 Å². The molecular formula is C27H27F7N3O4S+. The van der Waals surface area contributed by atoms with Crippen molar-refractivity contribution in [2.75, 3.05) is 24.7 Å². The van der Waals surface area contributed by atoms with E-state index in [1.165, 1.54) is 18.1 Å². The van der Waals surface area contributed by atoms with Crippen LogP contribution in [-0.4, -0.2) is 64.9 Å². The zero-order valence-electron chi connectivity index (χ0n) is 22.6. The Bertz CT molecular complexity index is 1420. The third-order valence-electron chi connectivity index (χ3n) is 7.51. The smallest absolute Gasteiger partial charge is 0.336 e. The largest absolute Gasteiger partial charge is 0.407 e. The van der Waals surface area contributed by atoms with Gasteiger partial charge in [-0.15, -0.1) is 4.21 Å². The van der Waals surface area contributed by atoms with Crippen LogP contribution in [-0.2, 0) is 41.4 Å². The highest BCUT2D eigenvalue weighted by Gasteiger charge is 2.72. The molecule has 1 fully saturated rings. The number of anilines is 1. The number of nitrogens with one attached hydrogen (secondary N) is 1. The summed E-state index contributed by atoms with van der Waals surface area (Å²) >= 11 is 0. The summed E-state index contributed by atoms with van der Waals surface area (Å²) in [6.45, 7) is 1.09. The van der Waals surface area contributed by atoms with Gasteiger partial charge in [-0.1, -0.05) is 18.2 Å². The van der Waals surface area contributed by atoms with E-state index >= 15 is 0 Å². The topological polar surface area (TPSA) is 86.8 Å². The van der Waals surface area contributed by atoms with E-state index < -0.39 is 83.1 Å². The summed E-state index contributed by atoms with van der Waals surface area (Å²) in [6.07, 6.45) is -12.4. The standard InChI is InChI=1S/C27H26F7N3O4S/c1-15(38)37-12-16-10-19(42(3)41)8-9-20(16)22(37)23(40)35-18-6-4-17(5-7-18)25(26(29,30)31,27(32,33)34)11-21(39)36-13-24(2,28)14-36/h4-10,22H,11-14H2,1-3H3,(H,35,40)/p+1. The summed E-state index contributed by atoms with van der Waals surface area (Å²) in [4.78, 5) is 40.3. The van der Waals surface area contributed by atoms with E-state index in [-0.39, 0.29) is 12.2 Å². The molecule has 42 heavy (non-hydrogen) atoms. The first-order valence-electron chi connectivity index (χ1n) is 12.6. The van der Waals surface area contributed by atoms with E-state index in [4.69, 9.17) is 0 Å². The van der Waals surface area contributed by atoms with Gasteiger partial charge in [0, 0.05) is 19.2 Å². The van der Waals surface area contributed by atoms with Gasteiger partial charge in [-0.3, -0.25) is 14.4 Å². The number of amides is 3. The minimum absolute atomic E-state index is 0.0327. The molecule has 2 aliphatic heterocycles. The molecule has 0 radical (unpaired) electrons. The van der Waals surface area contributed by atoms with Gasteiger partial charge in [0.15, 0.2) is 10.3 Å². The zero-order chi connectivity index (χ0) is 31.4. The lowest BCUT2D eigenvalue weighted by atomic mass is 9.75. The van der Waals surface area contributed by atoms with E-state index in [0.717, 1.165) is 19.1 Å². The minimum Gasteiger partial charge on any atom is -0.336 e. The van der Waals surface area contributed by atoms with Gasteiger partial charge in [-0.2, -0.15) is 26.3 Å². The first kappa shape index (κ1) is 31.4. The molecule has 0 spiro atoms. The van der Waals surface area contributed by atoms with Crippen LogP contribution in [0.15, 0.2) is 47.4 Å². The van der Waals surface area contributed by atoms with Crippen molar-refractivity contribution in [1.82, 2.24) is 9.80 Å². The molecule has 4 rings (SSSR count). The maximum Gasteiger partial charge on any atom is 0.407 e. The molecule has 2 heterocycles. The number of carbonyl (C=O) groups is 3. The van der Waals surface area contributed by atoms with Crippen molar-refractivity contribution in [1.29, 1.82) is 0 Å². The highest BCUT2D eigenvalue weighted by Crippen LogP contribution is 2.55. The molecule has 0 aromatic heterocycles. The van der Waals surface area contributed by atoms with Gasteiger partial charge in [0.05, 0.1) is 19.5 Å². The number of nitrogens with zero attached hydrogens (tertiary/aromatic N) is 2. The Kier molecular flexibility index (Phi) is 7.98. The summed E-state index contributed by atoms with van der Waals surface area (Å²) in [5.41, 5.74) is -6.92. The first-order valence-corrected chi connectivity index (χ1v) is 14.3. The molecule has 2 aliphatic rings. The van der Waals surface area contributed by atoms with Crippen LogP contribution in [0.2, 0.25) is 0 Å². The molecule has 1 saturated heterocycles. The van der Waals surface area contributed by atoms with Crippen molar-refractivity contribution in [2.45, 2.75) is 61.2 Å². The maximum absolute atomic E-state index is 14.2. The van der Waals surface area contributed by atoms with Gasteiger partial charge in [-0.25, -0.2) is 4.39 Å². The average Bonchev–Trinajstić information content (AvgIpc) is 3.24. The summed E-state index contributed by atoms with van der Waals surface area (Å²) in [5.74, 6) is -2.74. The predicted octanol–water partition coefficient (Wildman–Crippen LogP) is 4.74. The van der Waals surface area contributed by atoms with Crippen molar-refractivity contribution in [2.24, 2.45) is 0 Å². The van der Waals surface area contributed by atoms with Crippen LogP contribution in [0.25, 0.3) is 0 Å². The van der Waals surface area contributed by atoms with Gasteiger partial charge in [0.2, 0.25) is 11.8 Å². The molecule has 15 heteroatoms. The fourth-order valence-corrected chi connectivity index (χ4v) is 5.94.